The predicted molar refractivity (Wildman–Crippen MR) is 113 cm³/mol. The summed E-state index contributed by atoms with van der Waals surface area (Å²) in [7, 11) is 1.39. The molecule has 1 N–H and O–H groups in total. The second kappa shape index (κ2) is 8.82. The largest absolute Gasteiger partial charge is 0.465 e. The summed E-state index contributed by atoms with van der Waals surface area (Å²) in [5.74, 6) is -0.362. The lowest BCUT2D eigenvalue weighted by molar-refractivity contribution is -0.0473. The van der Waals surface area contributed by atoms with Crippen LogP contribution in [-0.2, 0) is 15.9 Å². The Hall–Kier alpha value is -1.96. The zero-order valence-corrected chi connectivity index (χ0v) is 17.4. The third-order valence-electron chi connectivity index (χ3n) is 4.34. The highest BCUT2D eigenvalue weighted by Crippen LogP contribution is 2.31. The van der Waals surface area contributed by atoms with Crippen LogP contribution in [0.3, 0.4) is 0 Å². The van der Waals surface area contributed by atoms with Gasteiger partial charge in [0.15, 0.2) is 5.11 Å². The summed E-state index contributed by atoms with van der Waals surface area (Å²) in [5.41, 5.74) is 1.71. The van der Waals surface area contributed by atoms with Crippen LogP contribution < -0.4 is 5.32 Å². The lowest BCUT2D eigenvalue weighted by atomic mass is 10.1. The number of nitrogens with zero attached hydrogens (tertiary/aromatic N) is 1. The smallest absolute Gasteiger partial charge is 0.340 e. The molecule has 1 aromatic carbocycles. The lowest BCUT2D eigenvalue weighted by Crippen LogP contribution is -2.49. The van der Waals surface area contributed by atoms with Gasteiger partial charge in [-0.05, 0) is 37.7 Å². The van der Waals surface area contributed by atoms with Gasteiger partial charge in [-0.25, -0.2) is 4.79 Å². The van der Waals surface area contributed by atoms with Crippen LogP contribution in [0.4, 0.5) is 5.00 Å². The first-order valence-electron chi connectivity index (χ1n) is 8.92. The van der Waals surface area contributed by atoms with E-state index >= 15 is 0 Å². The van der Waals surface area contributed by atoms with Crippen molar-refractivity contribution in [2.45, 2.75) is 32.5 Å². The molecule has 1 fully saturated rings. The Bertz CT molecular complexity index is 797. The minimum Gasteiger partial charge on any atom is -0.465 e. The van der Waals surface area contributed by atoms with Crippen molar-refractivity contribution in [2.75, 3.05) is 25.5 Å². The van der Waals surface area contributed by atoms with Gasteiger partial charge in [-0.2, -0.15) is 0 Å². The monoisotopic (exact) mass is 404 g/mol. The molecule has 144 valence electrons. The van der Waals surface area contributed by atoms with Crippen molar-refractivity contribution in [3.05, 3.63) is 52.4 Å². The van der Waals surface area contributed by atoms with Crippen molar-refractivity contribution in [1.29, 1.82) is 0 Å². The van der Waals surface area contributed by atoms with Gasteiger partial charge < -0.3 is 19.7 Å². The van der Waals surface area contributed by atoms with E-state index in [4.69, 9.17) is 21.7 Å². The highest BCUT2D eigenvalue weighted by molar-refractivity contribution is 7.80. The Balaban J connectivity index is 1.78. The summed E-state index contributed by atoms with van der Waals surface area (Å²) in [6.45, 7) is 5.53. The zero-order chi connectivity index (χ0) is 19.4. The molecule has 2 atom stereocenters. The maximum atomic E-state index is 12.2. The molecule has 1 aliphatic heterocycles. The molecule has 5 nitrogen and oxygen atoms in total. The topological polar surface area (TPSA) is 50.8 Å². The number of thiocarbonyl (C=S) groups is 1. The minimum atomic E-state index is -0.362. The van der Waals surface area contributed by atoms with Gasteiger partial charge in [0.2, 0.25) is 0 Å². The summed E-state index contributed by atoms with van der Waals surface area (Å²) in [5, 5.41) is 4.60. The van der Waals surface area contributed by atoms with Crippen molar-refractivity contribution in [2.24, 2.45) is 0 Å². The van der Waals surface area contributed by atoms with E-state index in [0.29, 0.717) is 10.7 Å². The van der Waals surface area contributed by atoms with E-state index < -0.39 is 0 Å². The van der Waals surface area contributed by atoms with Crippen LogP contribution >= 0.6 is 23.6 Å². The molecule has 3 rings (SSSR count). The third-order valence-corrected chi connectivity index (χ3v) is 5.75. The number of carbonyl (C=O) groups is 1. The summed E-state index contributed by atoms with van der Waals surface area (Å²) in [6, 6.07) is 12.1. The van der Waals surface area contributed by atoms with Crippen molar-refractivity contribution >= 4 is 39.6 Å². The highest BCUT2D eigenvalue weighted by Gasteiger charge is 2.25. The summed E-state index contributed by atoms with van der Waals surface area (Å²) < 4.78 is 10.7. The molecule has 1 aliphatic rings. The van der Waals surface area contributed by atoms with Gasteiger partial charge in [0, 0.05) is 24.4 Å². The maximum absolute atomic E-state index is 12.2. The first kappa shape index (κ1) is 19.8. The maximum Gasteiger partial charge on any atom is 0.340 e. The number of anilines is 1. The molecular formula is C20H24N2O3S2. The number of esters is 1. The van der Waals surface area contributed by atoms with Gasteiger partial charge in [-0.15, -0.1) is 11.3 Å². The molecule has 0 unspecified atom stereocenters. The second-order valence-electron chi connectivity index (χ2n) is 6.70. The Labute approximate surface area is 169 Å². The van der Waals surface area contributed by atoms with E-state index in [1.54, 1.807) is 0 Å². The number of ether oxygens (including phenoxy) is 2. The van der Waals surface area contributed by atoms with Gasteiger partial charge in [-0.1, -0.05) is 30.3 Å². The van der Waals surface area contributed by atoms with Crippen molar-refractivity contribution in [1.82, 2.24) is 4.90 Å². The predicted octanol–water partition coefficient (Wildman–Crippen LogP) is 3.93. The van der Waals surface area contributed by atoms with Crippen LogP contribution in [0.2, 0.25) is 0 Å². The SMILES string of the molecule is COC(=O)c1cc(Cc2ccccc2)sc1NC(=S)N1C[C@@H](C)O[C@@H](C)C1. The van der Waals surface area contributed by atoms with Gasteiger partial charge >= 0.3 is 5.97 Å². The molecule has 0 saturated carbocycles. The molecule has 2 aromatic rings. The molecule has 0 amide bonds. The first-order valence-corrected chi connectivity index (χ1v) is 10.1. The Kier molecular flexibility index (Phi) is 6.46. The normalized spacial score (nSPS) is 19.6. The molecule has 1 aromatic heterocycles. The van der Waals surface area contributed by atoms with E-state index in [9.17, 15) is 4.79 Å². The van der Waals surface area contributed by atoms with Crippen molar-refractivity contribution < 1.29 is 14.3 Å². The van der Waals surface area contributed by atoms with Gasteiger partial charge in [0.05, 0.1) is 24.9 Å². The van der Waals surface area contributed by atoms with Crippen molar-refractivity contribution in [3.63, 3.8) is 0 Å². The molecule has 7 heteroatoms. The average molecular weight is 405 g/mol. The number of methoxy groups -OCH3 is 1. The molecule has 0 spiro atoms. The van der Waals surface area contributed by atoms with Gasteiger partial charge in [0.1, 0.15) is 5.00 Å². The van der Waals surface area contributed by atoms with E-state index in [2.05, 4.69) is 22.3 Å². The second-order valence-corrected chi connectivity index (χ2v) is 8.23. The Morgan fingerprint density at radius 2 is 1.96 bits per heavy atom. The summed E-state index contributed by atoms with van der Waals surface area (Å²) in [4.78, 5) is 15.4. The Morgan fingerprint density at radius 1 is 1.30 bits per heavy atom. The summed E-state index contributed by atoms with van der Waals surface area (Å²) in [6.07, 6.45) is 0.992. The Morgan fingerprint density at radius 3 is 2.59 bits per heavy atom. The molecular weight excluding hydrogens is 380 g/mol. The number of thiophene rings is 1. The number of hydrogen-bond donors (Lipinski definition) is 1. The summed E-state index contributed by atoms with van der Waals surface area (Å²) >= 11 is 7.13. The number of morpholine rings is 1. The third kappa shape index (κ3) is 5.06. The fourth-order valence-corrected chi connectivity index (χ4v) is 4.59. The minimum absolute atomic E-state index is 0.116. The van der Waals surface area contributed by atoms with E-state index in [1.165, 1.54) is 24.0 Å². The molecule has 0 bridgehead atoms. The highest BCUT2D eigenvalue weighted by atomic mass is 32.1. The molecule has 2 heterocycles. The van der Waals surface area contributed by atoms with Crippen molar-refractivity contribution in [3.8, 4) is 0 Å². The van der Waals surface area contributed by atoms with Crippen LogP contribution in [-0.4, -0.2) is 48.4 Å². The number of benzene rings is 1. The van der Waals surface area contributed by atoms with E-state index in [0.717, 1.165) is 29.4 Å². The van der Waals surface area contributed by atoms with E-state index in [1.807, 2.05) is 38.1 Å². The lowest BCUT2D eigenvalue weighted by Gasteiger charge is -2.36. The number of hydrogen-bond acceptors (Lipinski definition) is 5. The van der Waals surface area contributed by atoms with Crippen LogP contribution in [0.1, 0.15) is 34.6 Å². The number of rotatable bonds is 4. The fraction of sp³-hybridized carbons (Fsp3) is 0.400. The van der Waals surface area contributed by atoms with Crippen LogP contribution in [0.25, 0.3) is 0 Å². The quantitative estimate of drug-likeness (QED) is 0.616. The average Bonchev–Trinajstić information content (AvgIpc) is 3.03. The molecule has 0 aliphatic carbocycles. The molecule has 1 saturated heterocycles. The van der Waals surface area contributed by atoms with Crippen LogP contribution in [0, 0.1) is 0 Å². The molecule has 0 radical (unpaired) electrons. The number of carbonyl (C=O) groups excluding carboxylic acids is 1. The fourth-order valence-electron chi connectivity index (χ4n) is 3.20. The van der Waals surface area contributed by atoms with E-state index in [-0.39, 0.29) is 18.2 Å². The van der Waals surface area contributed by atoms with Gasteiger partial charge in [-0.3, -0.25) is 0 Å². The molecule has 27 heavy (non-hydrogen) atoms. The first-order chi connectivity index (χ1) is 13.0. The zero-order valence-electron chi connectivity index (χ0n) is 15.7. The van der Waals surface area contributed by atoms with Crippen LogP contribution in [0.5, 0.6) is 0 Å². The van der Waals surface area contributed by atoms with Gasteiger partial charge in [0.25, 0.3) is 0 Å². The standard InChI is InChI=1S/C20H24N2O3S2/c1-13-11-22(12-14(2)25-13)20(26)21-18-17(19(23)24-3)10-16(27-18)9-15-7-5-4-6-8-15/h4-8,10,13-14H,9,11-12H2,1-3H3,(H,21,26)/t13-,14+. The number of nitrogens with one attached hydrogen (secondary N) is 1. The van der Waals surface area contributed by atoms with Crippen LogP contribution in [0.15, 0.2) is 36.4 Å².